The molecule has 1 unspecified atom stereocenters. The van der Waals surface area contributed by atoms with Gasteiger partial charge in [-0.15, -0.1) is 0 Å². The number of amides is 3. The van der Waals surface area contributed by atoms with E-state index in [-0.39, 0.29) is 24.8 Å². The van der Waals surface area contributed by atoms with Crippen LogP contribution in [0.1, 0.15) is 55.0 Å². The summed E-state index contributed by atoms with van der Waals surface area (Å²) in [4.78, 5) is 44.6. The van der Waals surface area contributed by atoms with Crippen LogP contribution in [-0.2, 0) is 26.3 Å². The third-order valence-corrected chi connectivity index (χ3v) is 5.86. The fraction of sp³-hybridized carbons (Fsp3) is 0.381. The van der Waals surface area contributed by atoms with Crippen molar-refractivity contribution >= 4 is 40.9 Å². The molecule has 1 aromatic heterocycles. The number of carbonyl (C=O) groups is 3. The molecule has 3 rings (SSSR count). The Balaban J connectivity index is 1.75. The van der Waals surface area contributed by atoms with E-state index in [4.69, 9.17) is 23.2 Å². The number of nitrogens with one attached hydrogen (secondary N) is 2. The summed E-state index contributed by atoms with van der Waals surface area (Å²) in [6.45, 7) is 5.66. The van der Waals surface area contributed by atoms with Crippen molar-refractivity contribution in [2.45, 2.75) is 51.5 Å². The van der Waals surface area contributed by atoms with E-state index in [1.165, 1.54) is 6.33 Å². The van der Waals surface area contributed by atoms with Crippen molar-refractivity contribution in [3.05, 3.63) is 57.1 Å². The first-order valence-electron chi connectivity index (χ1n) is 9.48. The maximum absolute atomic E-state index is 12.8. The highest BCUT2D eigenvalue weighted by atomic mass is 35.5. The molecule has 1 atom stereocenters. The molecule has 1 aliphatic rings. The maximum Gasteiger partial charge on any atom is 0.234 e. The monoisotopic (exact) mass is 448 g/mol. The molecule has 9 heteroatoms. The lowest BCUT2D eigenvalue weighted by Gasteiger charge is -2.25. The number of nitrogens with zero attached hydrogens (tertiary/aromatic N) is 2. The summed E-state index contributed by atoms with van der Waals surface area (Å²) >= 11 is 12.8. The summed E-state index contributed by atoms with van der Waals surface area (Å²) in [5.41, 5.74) is 1.82. The van der Waals surface area contributed by atoms with Gasteiger partial charge in [0.25, 0.3) is 0 Å². The number of piperidine rings is 1. The molecule has 0 bridgehead atoms. The van der Waals surface area contributed by atoms with Gasteiger partial charge in [-0.2, -0.15) is 0 Å². The molecule has 158 valence electrons. The average molecular weight is 449 g/mol. The molecule has 2 N–H and O–H groups in total. The van der Waals surface area contributed by atoms with Crippen LogP contribution >= 0.6 is 23.2 Å². The highest BCUT2D eigenvalue weighted by Crippen LogP contribution is 2.37. The third kappa shape index (κ3) is 4.47. The normalized spacial score (nSPS) is 16.9. The summed E-state index contributed by atoms with van der Waals surface area (Å²) in [7, 11) is 0. The molecule has 0 saturated carbocycles. The number of rotatable bonds is 5. The molecule has 1 fully saturated rings. The topological polar surface area (TPSA) is 101 Å². The number of hydrogen-bond donors (Lipinski definition) is 2. The lowest BCUT2D eigenvalue weighted by atomic mass is 9.85. The van der Waals surface area contributed by atoms with Crippen LogP contribution < -0.4 is 10.6 Å². The van der Waals surface area contributed by atoms with Crippen LogP contribution in [0.3, 0.4) is 0 Å². The van der Waals surface area contributed by atoms with E-state index in [1.807, 2.05) is 6.92 Å². The minimum absolute atomic E-state index is 0.203. The van der Waals surface area contributed by atoms with Gasteiger partial charge in [0.2, 0.25) is 17.7 Å². The van der Waals surface area contributed by atoms with Gasteiger partial charge in [0.05, 0.1) is 17.0 Å². The molecule has 0 aliphatic carbocycles. The fourth-order valence-corrected chi connectivity index (χ4v) is 4.40. The second-order valence-corrected chi connectivity index (χ2v) is 8.65. The zero-order valence-electron chi connectivity index (χ0n) is 16.9. The van der Waals surface area contributed by atoms with Crippen LogP contribution in [0.2, 0.25) is 10.0 Å². The number of carbonyl (C=O) groups excluding carboxylic acids is 3. The Labute approximate surface area is 184 Å². The van der Waals surface area contributed by atoms with Gasteiger partial charge in [-0.25, -0.2) is 9.97 Å². The molecular formula is C21H22Cl2N4O3. The zero-order chi connectivity index (χ0) is 22.1. The molecule has 0 radical (unpaired) electrons. The van der Waals surface area contributed by atoms with Gasteiger partial charge in [0.1, 0.15) is 6.33 Å². The van der Waals surface area contributed by atoms with Crippen molar-refractivity contribution in [3.63, 3.8) is 0 Å². The lowest BCUT2D eigenvalue weighted by Crippen LogP contribution is -2.41. The predicted octanol–water partition coefficient (Wildman–Crippen LogP) is 3.21. The van der Waals surface area contributed by atoms with Gasteiger partial charge in [0, 0.05) is 34.8 Å². The van der Waals surface area contributed by atoms with E-state index in [1.54, 1.807) is 32.2 Å². The second kappa shape index (κ2) is 8.70. The molecule has 3 amide bonds. The van der Waals surface area contributed by atoms with E-state index >= 15 is 0 Å². The van der Waals surface area contributed by atoms with Crippen LogP contribution in [0.25, 0.3) is 0 Å². The largest absolute Gasteiger partial charge is 0.351 e. The minimum Gasteiger partial charge on any atom is -0.351 e. The van der Waals surface area contributed by atoms with Gasteiger partial charge in [-0.3, -0.25) is 19.7 Å². The van der Waals surface area contributed by atoms with Crippen molar-refractivity contribution in [2.24, 2.45) is 0 Å². The number of aromatic nitrogens is 2. The zero-order valence-corrected chi connectivity index (χ0v) is 18.4. The molecule has 1 aliphatic heterocycles. The summed E-state index contributed by atoms with van der Waals surface area (Å²) in [5.74, 6) is -1.49. The molecule has 1 saturated heterocycles. The van der Waals surface area contributed by atoms with E-state index in [0.29, 0.717) is 33.3 Å². The molecule has 2 aromatic rings. The van der Waals surface area contributed by atoms with Crippen LogP contribution in [-0.4, -0.2) is 27.7 Å². The highest BCUT2D eigenvalue weighted by molar-refractivity contribution is 6.36. The van der Waals surface area contributed by atoms with Crippen molar-refractivity contribution in [3.8, 4) is 0 Å². The molecule has 7 nitrogen and oxygen atoms in total. The summed E-state index contributed by atoms with van der Waals surface area (Å²) in [5, 5.41) is 5.86. The predicted molar refractivity (Wildman–Crippen MR) is 113 cm³/mol. The Kier molecular flexibility index (Phi) is 6.43. The maximum atomic E-state index is 12.8. The molecule has 2 heterocycles. The second-order valence-electron chi connectivity index (χ2n) is 7.84. The Morgan fingerprint density at radius 1 is 1.27 bits per heavy atom. The fourth-order valence-electron chi connectivity index (χ4n) is 3.61. The van der Waals surface area contributed by atoms with E-state index in [2.05, 4.69) is 20.6 Å². The number of imide groups is 1. The van der Waals surface area contributed by atoms with Gasteiger partial charge < -0.3 is 5.32 Å². The Morgan fingerprint density at radius 3 is 2.53 bits per heavy atom. The molecular weight excluding hydrogens is 427 g/mol. The van der Waals surface area contributed by atoms with Crippen LogP contribution in [0.15, 0.2) is 24.7 Å². The standard InChI is InChI=1S/C21H22Cl2N4O3/c1-11-8-24-10-26-18(11)21(2,3)20(30)25-9-12-6-14(22)17(15(23)7-12)13-4-5-16(28)27-19(13)29/h6-8,10,13H,4-5,9H2,1-3H3,(H,25,30)(H,27,28,29). The number of aryl methyl sites for hydroxylation is 1. The number of benzene rings is 1. The van der Waals surface area contributed by atoms with Crippen LogP contribution in [0.5, 0.6) is 0 Å². The number of halogens is 2. The first kappa shape index (κ1) is 22.2. The summed E-state index contributed by atoms with van der Waals surface area (Å²) in [6, 6.07) is 3.35. The van der Waals surface area contributed by atoms with Gasteiger partial charge in [-0.1, -0.05) is 23.2 Å². The molecule has 30 heavy (non-hydrogen) atoms. The third-order valence-electron chi connectivity index (χ3n) is 5.23. The van der Waals surface area contributed by atoms with Gasteiger partial charge in [-0.05, 0) is 50.5 Å². The van der Waals surface area contributed by atoms with Crippen molar-refractivity contribution < 1.29 is 14.4 Å². The quantitative estimate of drug-likeness (QED) is 0.683. The molecule has 0 spiro atoms. The SMILES string of the molecule is Cc1cncnc1C(C)(C)C(=O)NCc1cc(Cl)c(C2CCC(=O)NC2=O)c(Cl)c1. The lowest BCUT2D eigenvalue weighted by molar-refractivity contribution is -0.134. The van der Waals surface area contributed by atoms with Crippen molar-refractivity contribution in [1.29, 1.82) is 0 Å². The smallest absolute Gasteiger partial charge is 0.234 e. The van der Waals surface area contributed by atoms with E-state index in [0.717, 1.165) is 5.56 Å². The molecule has 1 aromatic carbocycles. The van der Waals surface area contributed by atoms with Gasteiger partial charge in [0.15, 0.2) is 0 Å². The van der Waals surface area contributed by atoms with E-state index < -0.39 is 17.2 Å². The van der Waals surface area contributed by atoms with Crippen LogP contribution in [0, 0.1) is 6.92 Å². The van der Waals surface area contributed by atoms with E-state index in [9.17, 15) is 14.4 Å². The van der Waals surface area contributed by atoms with Crippen molar-refractivity contribution in [2.75, 3.05) is 0 Å². The Hall–Kier alpha value is -2.51. The Bertz CT molecular complexity index is 1000. The Morgan fingerprint density at radius 2 is 1.93 bits per heavy atom. The summed E-state index contributed by atoms with van der Waals surface area (Å²) < 4.78 is 0. The highest BCUT2D eigenvalue weighted by Gasteiger charge is 2.33. The summed E-state index contributed by atoms with van der Waals surface area (Å²) in [6.07, 6.45) is 3.68. The van der Waals surface area contributed by atoms with Crippen molar-refractivity contribution in [1.82, 2.24) is 20.6 Å². The minimum atomic E-state index is -0.854. The first-order chi connectivity index (χ1) is 14.1. The average Bonchev–Trinajstić information content (AvgIpc) is 2.67. The first-order valence-corrected chi connectivity index (χ1v) is 10.2. The van der Waals surface area contributed by atoms with Crippen LogP contribution in [0.4, 0.5) is 0 Å². The van der Waals surface area contributed by atoms with Gasteiger partial charge >= 0.3 is 0 Å². The number of hydrogen-bond acceptors (Lipinski definition) is 5.